The van der Waals surface area contributed by atoms with Crippen molar-refractivity contribution in [2.24, 2.45) is 7.05 Å². The van der Waals surface area contributed by atoms with Crippen molar-refractivity contribution >= 4 is 11.8 Å². The second-order valence-corrected chi connectivity index (χ2v) is 4.67. The smallest absolute Gasteiger partial charge is 0.190 e. The molecule has 0 aliphatic carbocycles. The maximum absolute atomic E-state index is 4.23. The van der Waals surface area contributed by atoms with Crippen LogP contribution in [0.25, 0.3) is 0 Å². The molecular weight excluding hydrogens is 232 g/mol. The molecule has 0 saturated heterocycles. The molecule has 0 aliphatic rings. The third kappa shape index (κ3) is 3.08. The monoisotopic (exact) mass is 248 g/mol. The summed E-state index contributed by atoms with van der Waals surface area (Å²) >= 11 is 1.65. The molecular formula is C12H16N4S. The fourth-order valence-corrected chi connectivity index (χ4v) is 2.38. The average molecular weight is 248 g/mol. The van der Waals surface area contributed by atoms with Crippen molar-refractivity contribution in [3.05, 3.63) is 36.2 Å². The van der Waals surface area contributed by atoms with Crippen molar-refractivity contribution in [3.8, 4) is 0 Å². The highest BCUT2D eigenvalue weighted by Gasteiger charge is 2.07. The Hall–Kier alpha value is -1.33. The number of hydrogen-bond acceptors (Lipinski definition) is 4. The summed E-state index contributed by atoms with van der Waals surface area (Å²) in [6, 6.07) is 8.37. The Morgan fingerprint density at radius 3 is 2.88 bits per heavy atom. The maximum atomic E-state index is 4.23. The Morgan fingerprint density at radius 2 is 2.18 bits per heavy atom. The minimum absolute atomic E-state index is 0.886. The third-order valence-electron chi connectivity index (χ3n) is 2.41. The van der Waals surface area contributed by atoms with Gasteiger partial charge in [-0.25, -0.2) is 9.67 Å². The van der Waals surface area contributed by atoms with Crippen molar-refractivity contribution < 1.29 is 0 Å². The van der Waals surface area contributed by atoms with Gasteiger partial charge in [0.25, 0.3) is 0 Å². The molecule has 0 amide bonds. The Balaban J connectivity index is 2.17. The van der Waals surface area contributed by atoms with Gasteiger partial charge in [0.05, 0.1) is 0 Å². The molecule has 0 spiro atoms. The van der Waals surface area contributed by atoms with Crippen LogP contribution in [0, 0.1) is 0 Å². The largest absolute Gasteiger partial charge is 0.313 e. The van der Waals surface area contributed by atoms with E-state index in [-0.39, 0.29) is 0 Å². The molecule has 0 unspecified atom stereocenters. The van der Waals surface area contributed by atoms with E-state index in [9.17, 15) is 0 Å². The lowest BCUT2D eigenvalue weighted by atomic mass is 10.2. The van der Waals surface area contributed by atoms with Crippen molar-refractivity contribution in [1.29, 1.82) is 0 Å². The van der Waals surface area contributed by atoms with Crippen LogP contribution >= 0.6 is 11.8 Å². The summed E-state index contributed by atoms with van der Waals surface area (Å²) < 4.78 is 1.79. The van der Waals surface area contributed by atoms with E-state index >= 15 is 0 Å². The van der Waals surface area contributed by atoms with Crippen molar-refractivity contribution in [2.45, 2.75) is 23.5 Å². The number of benzene rings is 1. The molecule has 2 aromatic rings. The molecule has 0 saturated carbocycles. The normalized spacial score (nSPS) is 10.7. The molecule has 5 heteroatoms. The van der Waals surface area contributed by atoms with Gasteiger partial charge in [-0.05, 0) is 29.9 Å². The topological polar surface area (TPSA) is 42.7 Å². The van der Waals surface area contributed by atoms with Crippen LogP contribution in [0.3, 0.4) is 0 Å². The van der Waals surface area contributed by atoms with E-state index in [0.717, 1.165) is 18.2 Å². The molecule has 0 bridgehead atoms. The number of rotatable bonds is 5. The van der Waals surface area contributed by atoms with Gasteiger partial charge >= 0.3 is 0 Å². The van der Waals surface area contributed by atoms with Crippen molar-refractivity contribution in [2.75, 3.05) is 6.54 Å². The Kier molecular flexibility index (Phi) is 4.17. The minimum Gasteiger partial charge on any atom is -0.313 e. The molecule has 1 N–H and O–H groups in total. The maximum Gasteiger partial charge on any atom is 0.190 e. The number of nitrogens with one attached hydrogen (secondary N) is 1. The van der Waals surface area contributed by atoms with Gasteiger partial charge in [-0.3, -0.25) is 0 Å². The molecule has 4 nitrogen and oxygen atoms in total. The second-order valence-electron chi connectivity index (χ2n) is 3.66. The molecule has 0 aliphatic heterocycles. The van der Waals surface area contributed by atoms with E-state index in [1.165, 1.54) is 10.5 Å². The number of aromatic nitrogens is 3. The first kappa shape index (κ1) is 12.1. The van der Waals surface area contributed by atoms with Crippen LogP contribution in [-0.2, 0) is 13.6 Å². The predicted octanol–water partition coefficient (Wildman–Crippen LogP) is 2.08. The lowest BCUT2D eigenvalue weighted by Gasteiger charge is -2.08. The first-order valence-corrected chi connectivity index (χ1v) is 6.43. The zero-order chi connectivity index (χ0) is 12.1. The molecule has 2 rings (SSSR count). The molecule has 0 atom stereocenters. The molecule has 1 heterocycles. The number of hydrogen-bond donors (Lipinski definition) is 1. The van der Waals surface area contributed by atoms with Crippen LogP contribution in [0.5, 0.6) is 0 Å². The molecule has 1 aromatic carbocycles. The Bertz CT molecular complexity index is 481. The van der Waals surface area contributed by atoms with Gasteiger partial charge in [-0.15, -0.1) is 0 Å². The van der Waals surface area contributed by atoms with Crippen LogP contribution in [0.1, 0.15) is 12.5 Å². The SMILES string of the molecule is CCNCc1ccccc1Sc1ncnn1C. The van der Waals surface area contributed by atoms with Gasteiger partial charge in [0.15, 0.2) is 5.16 Å². The van der Waals surface area contributed by atoms with Crippen LogP contribution in [0.4, 0.5) is 0 Å². The molecule has 0 radical (unpaired) electrons. The Morgan fingerprint density at radius 1 is 1.35 bits per heavy atom. The van der Waals surface area contributed by atoms with Gasteiger partial charge in [-0.1, -0.05) is 25.1 Å². The summed E-state index contributed by atoms with van der Waals surface area (Å²) in [4.78, 5) is 5.45. The van der Waals surface area contributed by atoms with Gasteiger partial charge in [0.1, 0.15) is 6.33 Å². The van der Waals surface area contributed by atoms with E-state index < -0.39 is 0 Å². The van der Waals surface area contributed by atoms with E-state index in [0.29, 0.717) is 0 Å². The summed E-state index contributed by atoms with van der Waals surface area (Å²) in [5, 5.41) is 8.33. The van der Waals surface area contributed by atoms with Crippen LogP contribution in [0.15, 0.2) is 40.6 Å². The quantitative estimate of drug-likeness (QED) is 0.879. The molecule has 17 heavy (non-hydrogen) atoms. The van der Waals surface area contributed by atoms with Gasteiger partial charge in [-0.2, -0.15) is 5.10 Å². The highest BCUT2D eigenvalue weighted by Crippen LogP contribution is 2.28. The van der Waals surface area contributed by atoms with Gasteiger partial charge in [0.2, 0.25) is 0 Å². The zero-order valence-corrected chi connectivity index (χ0v) is 10.9. The van der Waals surface area contributed by atoms with Crippen molar-refractivity contribution in [3.63, 3.8) is 0 Å². The van der Waals surface area contributed by atoms with Crippen molar-refractivity contribution in [1.82, 2.24) is 20.1 Å². The van der Waals surface area contributed by atoms with Crippen LogP contribution in [-0.4, -0.2) is 21.3 Å². The molecule has 1 aromatic heterocycles. The second kappa shape index (κ2) is 5.84. The van der Waals surface area contributed by atoms with E-state index in [1.807, 2.05) is 13.1 Å². The summed E-state index contributed by atoms with van der Waals surface area (Å²) in [6.07, 6.45) is 1.58. The minimum atomic E-state index is 0.886. The standard InChI is InChI=1S/C12H16N4S/c1-3-13-8-10-6-4-5-7-11(10)17-12-14-9-15-16(12)2/h4-7,9,13H,3,8H2,1-2H3. The van der Waals surface area contributed by atoms with E-state index in [1.54, 1.807) is 22.8 Å². The lowest BCUT2D eigenvalue weighted by Crippen LogP contribution is -2.12. The first-order chi connectivity index (χ1) is 8.31. The van der Waals surface area contributed by atoms with Crippen LogP contribution in [0.2, 0.25) is 0 Å². The highest BCUT2D eigenvalue weighted by molar-refractivity contribution is 7.99. The van der Waals surface area contributed by atoms with E-state index in [2.05, 4.69) is 40.5 Å². The average Bonchev–Trinajstić information content (AvgIpc) is 2.74. The number of nitrogens with zero attached hydrogens (tertiary/aromatic N) is 3. The van der Waals surface area contributed by atoms with Gasteiger partial charge in [0, 0.05) is 18.5 Å². The fraction of sp³-hybridized carbons (Fsp3) is 0.333. The lowest BCUT2D eigenvalue weighted by molar-refractivity contribution is 0.684. The molecule has 90 valence electrons. The van der Waals surface area contributed by atoms with Gasteiger partial charge < -0.3 is 5.32 Å². The molecule has 0 fully saturated rings. The van der Waals surface area contributed by atoms with Crippen LogP contribution < -0.4 is 5.32 Å². The Labute approximate surface area is 105 Å². The number of aryl methyl sites for hydroxylation is 1. The highest BCUT2D eigenvalue weighted by atomic mass is 32.2. The summed E-state index contributed by atoms with van der Waals surface area (Å²) in [7, 11) is 1.90. The predicted molar refractivity (Wildman–Crippen MR) is 68.9 cm³/mol. The summed E-state index contributed by atoms with van der Waals surface area (Å²) in [5.41, 5.74) is 1.29. The van der Waals surface area contributed by atoms with E-state index in [4.69, 9.17) is 0 Å². The first-order valence-electron chi connectivity index (χ1n) is 5.61. The summed E-state index contributed by atoms with van der Waals surface area (Å²) in [5.74, 6) is 0. The fourth-order valence-electron chi connectivity index (χ4n) is 1.49. The third-order valence-corrected chi connectivity index (χ3v) is 3.58. The summed E-state index contributed by atoms with van der Waals surface area (Å²) in [6.45, 7) is 3.97. The zero-order valence-electron chi connectivity index (χ0n) is 10.1.